The standard InChI is InChI=1S/C15H8F3NO2S/c16-15(17,18)10-4-1-8(2-5-10)13-19-11-6-3-9(14(20)21)7-12(11)22-13/h1-7H,(H,20,21). The summed E-state index contributed by atoms with van der Waals surface area (Å²) in [7, 11) is 0. The molecule has 0 amide bonds. The van der Waals surface area contributed by atoms with Crippen LogP contribution in [0.4, 0.5) is 13.2 Å². The summed E-state index contributed by atoms with van der Waals surface area (Å²) in [5, 5.41) is 9.50. The first-order chi connectivity index (χ1) is 10.3. The molecule has 0 saturated carbocycles. The van der Waals surface area contributed by atoms with Gasteiger partial charge in [0.05, 0.1) is 21.3 Å². The zero-order valence-electron chi connectivity index (χ0n) is 10.9. The van der Waals surface area contributed by atoms with E-state index < -0.39 is 17.7 Å². The van der Waals surface area contributed by atoms with Gasteiger partial charge in [-0.1, -0.05) is 12.1 Å². The summed E-state index contributed by atoms with van der Waals surface area (Å²) in [5.41, 5.74) is 0.608. The van der Waals surface area contributed by atoms with Gasteiger partial charge in [0, 0.05) is 5.56 Å². The average molecular weight is 323 g/mol. The molecule has 0 fully saturated rings. The molecule has 1 N–H and O–H groups in total. The molecule has 3 rings (SSSR count). The molecule has 0 radical (unpaired) electrons. The highest BCUT2D eigenvalue weighted by Crippen LogP contribution is 2.34. The van der Waals surface area contributed by atoms with Crippen LogP contribution < -0.4 is 0 Å². The third-order valence-electron chi connectivity index (χ3n) is 3.09. The van der Waals surface area contributed by atoms with Crippen molar-refractivity contribution in [2.45, 2.75) is 6.18 Å². The number of aromatic nitrogens is 1. The van der Waals surface area contributed by atoms with E-state index in [1.165, 1.54) is 35.6 Å². The molecule has 0 aliphatic rings. The molecule has 0 bridgehead atoms. The van der Waals surface area contributed by atoms with E-state index in [1.54, 1.807) is 6.07 Å². The zero-order valence-corrected chi connectivity index (χ0v) is 11.7. The maximum atomic E-state index is 12.5. The van der Waals surface area contributed by atoms with Crippen molar-refractivity contribution in [1.82, 2.24) is 4.98 Å². The van der Waals surface area contributed by atoms with Crippen molar-refractivity contribution in [2.75, 3.05) is 0 Å². The van der Waals surface area contributed by atoms with Crippen molar-refractivity contribution in [3.63, 3.8) is 0 Å². The van der Waals surface area contributed by atoms with Crippen molar-refractivity contribution < 1.29 is 23.1 Å². The summed E-state index contributed by atoms with van der Waals surface area (Å²) >= 11 is 1.24. The lowest BCUT2D eigenvalue weighted by Crippen LogP contribution is -2.03. The number of rotatable bonds is 2. The van der Waals surface area contributed by atoms with Crippen molar-refractivity contribution in [1.29, 1.82) is 0 Å². The molecule has 7 heteroatoms. The largest absolute Gasteiger partial charge is 0.478 e. The van der Waals surface area contributed by atoms with Gasteiger partial charge in [-0.3, -0.25) is 0 Å². The first-order valence-electron chi connectivity index (χ1n) is 6.16. The van der Waals surface area contributed by atoms with Crippen LogP contribution in [0.1, 0.15) is 15.9 Å². The maximum absolute atomic E-state index is 12.5. The zero-order chi connectivity index (χ0) is 15.9. The first-order valence-corrected chi connectivity index (χ1v) is 6.98. The molecule has 0 unspecified atom stereocenters. The van der Waals surface area contributed by atoms with Crippen LogP contribution in [0.5, 0.6) is 0 Å². The number of halogens is 3. The number of thiazole rings is 1. The summed E-state index contributed by atoms with van der Waals surface area (Å²) < 4.78 is 38.3. The van der Waals surface area contributed by atoms with E-state index in [0.29, 0.717) is 20.8 Å². The number of carboxylic acid groups (broad SMARTS) is 1. The molecule has 1 heterocycles. The average Bonchev–Trinajstić information content (AvgIpc) is 2.89. The highest BCUT2D eigenvalue weighted by Gasteiger charge is 2.30. The van der Waals surface area contributed by atoms with Gasteiger partial charge < -0.3 is 5.11 Å². The SMILES string of the molecule is O=C(O)c1ccc2nc(-c3ccc(C(F)(F)F)cc3)sc2c1. The minimum absolute atomic E-state index is 0.148. The highest BCUT2D eigenvalue weighted by atomic mass is 32.1. The third kappa shape index (κ3) is 2.67. The predicted molar refractivity (Wildman–Crippen MR) is 77.0 cm³/mol. The Morgan fingerprint density at radius 2 is 1.77 bits per heavy atom. The van der Waals surface area contributed by atoms with E-state index in [2.05, 4.69) is 4.98 Å². The lowest BCUT2D eigenvalue weighted by Gasteiger charge is -2.06. The number of fused-ring (bicyclic) bond motifs is 1. The van der Waals surface area contributed by atoms with Gasteiger partial charge in [0.2, 0.25) is 0 Å². The molecule has 0 aliphatic carbocycles. The number of aromatic carboxylic acids is 1. The molecule has 0 aliphatic heterocycles. The smallest absolute Gasteiger partial charge is 0.416 e. The van der Waals surface area contributed by atoms with Crippen LogP contribution in [-0.2, 0) is 6.18 Å². The fraction of sp³-hybridized carbons (Fsp3) is 0.0667. The Kier molecular flexibility index (Phi) is 3.37. The molecule has 0 spiro atoms. The topological polar surface area (TPSA) is 50.2 Å². The van der Waals surface area contributed by atoms with Gasteiger partial charge in [0.1, 0.15) is 5.01 Å². The van der Waals surface area contributed by atoms with E-state index in [1.807, 2.05) is 0 Å². The molecule has 0 saturated heterocycles. The van der Waals surface area contributed by atoms with Crippen LogP contribution in [0.25, 0.3) is 20.8 Å². The predicted octanol–water partition coefficient (Wildman–Crippen LogP) is 4.68. The minimum atomic E-state index is -4.37. The van der Waals surface area contributed by atoms with E-state index in [-0.39, 0.29) is 5.56 Å². The van der Waals surface area contributed by atoms with Crippen LogP contribution in [0, 0.1) is 0 Å². The fourth-order valence-electron chi connectivity index (χ4n) is 1.98. The Morgan fingerprint density at radius 1 is 1.09 bits per heavy atom. The van der Waals surface area contributed by atoms with Gasteiger partial charge in [-0.15, -0.1) is 11.3 Å². The lowest BCUT2D eigenvalue weighted by molar-refractivity contribution is -0.137. The van der Waals surface area contributed by atoms with Crippen molar-refractivity contribution in [3.8, 4) is 10.6 Å². The fourth-order valence-corrected chi connectivity index (χ4v) is 2.99. The molecular weight excluding hydrogens is 315 g/mol. The Morgan fingerprint density at radius 3 is 2.36 bits per heavy atom. The van der Waals surface area contributed by atoms with Gasteiger partial charge in [0.15, 0.2) is 0 Å². The normalized spacial score (nSPS) is 11.8. The molecule has 112 valence electrons. The summed E-state index contributed by atoms with van der Waals surface area (Å²) in [5.74, 6) is -1.04. The number of hydrogen-bond donors (Lipinski definition) is 1. The van der Waals surface area contributed by atoms with E-state index in [9.17, 15) is 18.0 Å². The molecule has 0 atom stereocenters. The third-order valence-corrected chi connectivity index (χ3v) is 4.16. The van der Waals surface area contributed by atoms with E-state index >= 15 is 0 Å². The molecule has 3 aromatic rings. The van der Waals surface area contributed by atoms with Crippen LogP contribution in [-0.4, -0.2) is 16.1 Å². The van der Waals surface area contributed by atoms with Gasteiger partial charge in [-0.25, -0.2) is 9.78 Å². The number of carboxylic acids is 1. The summed E-state index contributed by atoms with van der Waals surface area (Å²) in [6, 6.07) is 9.26. The number of nitrogens with zero attached hydrogens (tertiary/aromatic N) is 1. The Balaban J connectivity index is 2.01. The first kappa shape index (κ1) is 14.5. The number of benzene rings is 2. The Hall–Kier alpha value is -2.41. The van der Waals surface area contributed by atoms with Gasteiger partial charge in [-0.05, 0) is 30.3 Å². The second-order valence-electron chi connectivity index (χ2n) is 4.58. The molecule has 3 nitrogen and oxygen atoms in total. The highest BCUT2D eigenvalue weighted by molar-refractivity contribution is 7.21. The van der Waals surface area contributed by atoms with Crippen molar-refractivity contribution in [3.05, 3.63) is 53.6 Å². The molecule has 2 aromatic carbocycles. The maximum Gasteiger partial charge on any atom is 0.416 e. The van der Waals surface area contributed by atoms with E-state index in [4.69, 9.17) is 5.11 Å². The Labute approximate surface area is 126 Å². The summed E-state index contributed by atoms with van der Waals surface area (Å²) in [6.45, 7) is 0. The van der Waals surface area contributed by atoms with Crippen LogP contribution in [0.15, 0.2) is 42.5 Å². The van der Waals surface area contributed by atoms with Crippen molar-refractivity contribution >= 4 is 27.5 Å². The summed E-state index contributed by atoms with van der Waals surface area (Å²) in [4.78, 5) is 15.3. The summed E-state index contributed by atoms with van der Waals surface area (Å²) in [6.07, 6.45) is -4.37. The number of carbonyl (C=O) groups is 1. The van der Waals surface area contributed by atoms with Crippen LogP contribution in [0.2, 0.25) is 0 Å². The van der Waals surface area contributed by atoms with E-state index in [0.717, 1.165) is 12.1 Å². The number of hydrogen-bond acceptors (Lipinski definition) is 3. The Bertz CT molecular complexity index is 853. The van der Waals surface area contributed by atoms with Crippen molar-refractivity contribution in [2.24, 2.45) is 0 Å². The minimum Gasteiger partial charge on any atom is -0.478 e. The lowest BCUT2D eigenvalue weighted by atomic mass is 10.1. The molecule has 22 heavy (non-hydrogen) atoms. The molecule has 1 aromatic heterocycles. The van der Waals surface area contributed by atoms with Crippen LogP contribution >= 0.6 is 11.3 Å². The number of alkyl halides is 3. The van der Waals surface area contributed by atoms with Crippen LogP contribution in [0.3, 0.4) is 0 Å². The second kappa shape index (κ2) is 5.10. The molecular formula is C15H8F3NO2S. The van der Waals surface area contributed by atoms with Gasteiger partial charge in [-0.2, -0.15) is 13.2 Å². The monoisotopic (exact) mass is 323 g/mol. The van der Waals surface area contributed by atoms with Gasteiger partial charge in [0.25, 0.3) is 0 Å². The quantitative estimate of drug-likeness (QED) is 0.745. The van der Waals surface area contributed by atoms with Gasteiger partial charge >= 0.3 is 12.1 Å². The second-order valence-corrected chi connectivity index (χ2v) is 5.61.